The largest absolute Gasteiger partial charge is 0.483 e. The van der Waals surface area contributed by atoms with Gasteiger partial charge in [-0.15, -0.1) is 0 Å². The maximum absolute atomic E-state index is 13.9. The highest BCUT2D eigenvalue weighted by molar-refractivity contribution is 6.31. The minimum Gasteiger partial charge on any atom is -0.483 e. The summed E-state index contributed by atoms with van der Waals surface area (Å²) >= 11 is 6.01. The molecule has 3 nitrogen and oxygen atoms in total. The summed E-state index contributed by atoms with van der Waals surface area (Å²) in [6.07, 6.45) is 1.98. The summed E-state index contributed by atoms with van der Waals surface area (Å²) in [6.45, 7) is 4.41. The van der Waals surface area contributed by atoms with Crippen molar-refractivity contribution in [2.45, 2.75) is 26.0 Å². The van der Waals surface area contributed by atoms with Crippen molar-refractivity contribution in [1.29, 1.82) is 0 Å². The second-order valence-electron chi connectivity index (χ2n) is 6.20. The van der Waals surface area contributed by atoms with Crippen molar-refractivity contribution < 1.29 is 9.13 Å². The Balaban J connectivity index is 1.84. The molecule has 0 fully saturated rings. The third-order valence-corrected chi connectivity index (χ3v) is 3.86. The number of fused-ring (bicyclic) bond motifs is 1. The number of nitrogen functional groups attached to an aromatic ring is 1. The standard InChI is InChI=1S/C18H18ClFN2O/c1-18(2,23-17-6-4-14(21)10-15(17)20)11-22-8-7-12-9-13(19)3-5-16(12)22/h3-10H,11,21H2,1-2H3. The van der Waals surface area contributed by atoms with Crippen molar-refractivity contribution in [2.75, 3.05) is 5.73 Å². The van der Waals surface area contributed by atoms with Gasteiger partial charge in [0.1, 0.15) is 5.60 Å². The van der Waals surface area contributed by atoms with Gasteiger partial charge in [-0.05, 0) is 50.2 Å². The summed E-state index contributed by atoms with van der Waals surface area (Å²) < 4.78 is 21.9. The second kappa shape index (κ2) is 5.78. The molecule has 0 spiro atoms. The van der Waals surface area contributed by atoms with Crippen LogP contribution in [-0.2, 0) is 6.54 Å². The molecule has 3 aromatic rings. The average Bonchev–Trinajstić information content (AvgIpc) is 2.83. The molecular weight excluding hydrogens is 315 g/mol. The number of benzene rings is 2. The van der Waals surface area contributed by atoms with E-state index in [0.717, 1.165) is 10.9 Å². The molecule has 1 heterocycles. The molecule has 0 aliphatic carbocycles. The van der Waals surface area contributed by atoms with Crippen molar-refractivity contribution >= 4 is 28.2 Å². The van der Waals surface area contributed by atoms with E-state index in [2.05, 4.69) is 4.57 Å². The zero-order chi connectivity index (χ0) is 16.6. The highest BCUT2D eigenvalue weighted by Crippen LogP contribution is 2.27. The summed E-state index contributed by atoms with van der Waals surface area (Å²) in [6, 6.07) is 12.2. The van der Waals surface area contributed by atoms with Gasteiger partial charge >= 0.3 is 0 Å². The van der Waals surface area contributed by atoms with Crippen LogP contribution in [0.1, 0.15) is 13.8 Å². The smallest absolute Gasteiger partial charge is 0.167 e. The molecule has 120 valence electrons. The Morgan fingerprint density at radius 1 is 1.17 bits per heavy atom. The lowest BCUT2D eigenvalue weighted by atomic mass is 10.1. The van der Waals surface area contributed by atoms with Crippen molar-refractivity contribution in [2.24, 2.45) is 0 Å². The van der Waals surface area contributed by atoms with Crippen LogP contribution in [0, 0.1) is 5.82 Å². The van der Waals surface area contributed by atoms with Crippen molar-refractivity contribution in [3.63, 3.8) is 0 Å². The first-order chi connectivity index (χ1) is 10.8. The van der Waals surface area contributed by atoms with Gasteiger partial charge in [0.2, 0.25) is 0 Å². The highest BCUT2D eigenvalue weighted by atomic mass is 35.5. The molecule has 0 saturated carbocycles. The van der Waals surface area contributed by atoms with E-state index < -0.39 is 11.4 Å². The molecule has 0 amide bonds. The highest BCUT2D eigenvalue weighted by Gasteiger charge is 2.23. The van der Waals surface area contributed by atoms with Crippen molar-refractivity contribution in [1.82, 2.24) is 4.57 Å². The lowest BCUT2D eigenvalue weighted by molar-refractivity contribution is 0.0857. The molecule has 0 bridgehead atoms. The van der Waals surface area contributed by atoms with Crippen LogP contribution >= 0.6 is 11.6 Å². The third kappa shape index (κ3) is 3.42. The predicted octanol–water partition coefficient (Wildman–Crippen LogP) is 4.87. The molecule has 0 saturated heterocycles. The number of halogens is 2. The van der Waals surface area contributed by atoms with Crippen LogP contribution in [0.5, 0.6) is 5.75 Å². The van der Waals surface area contributed by atoms with Gasteiger partial charge in [-0.1, -0.05) is 11.6 Å². The lowest BCUT2D eigenvalue weighted by Crippen LogP contribution is -2.33. The first-order valence-electron chi connectivity index (χ1n) is 7.32. The van der Waals surface area contributed by atoms with E-state index >= 15 is 0 Å². The van der Waals surface area contributed by atoms with Gasteiger partial charge in [-0.2, -0.15) is 0 Å². The number of anilines is 1. The van der Waals surface area contributed by atoms with E-state index in [1.54, 1.807) is 12.1 Å². The van der Waals surface area contributed by atoms with E-state index in [4.69, 9.17) is 22.1 Å². The van der Waals surface area contributed by atoms with Gasteiger partial charge in [0, 0.05) is 33.9 Å². The Hall–Kier alpha value is -2.20. The second-order valence-corrected chi connectivity index (χ2v) is 6.63. The normalized spacial score (nSPS) is 11.8. The van der Waals surface area contributed by atoms with Crippen LogP contribution in [0.3, 0.4) is 0 Å². The molecular formula is C18H18ClFN2O. The molecule has 5 heteroatoms. The fourth-order valence-electron chi connectivity index (χ4n) is 2.65. The van der Waals surface area contributed by atoms with Crippen molar-refractivity contribution in [3.05, 3.63) is 59.5 Å². The summed E-state index contributed by atoms with van der Waals surface area (Å²) in [5.41, 5.74) is 6.41. The van der Waals surface area contributed by atoms with E-state index in [1.165, 1.54) is 6.07 Å². The van der Waals surface area contributed by atoms with Gasteiger partial charge in [0.15, 0.2) is 11.6 Å². The van der Waals surface area contributed by atoms with Crippen LogP contribution in [0.4, 0.5) is 10.1 Å². The molecule has 0 aliphatic heterocycles. The predicted molar refractivity (Wildman–Crippen MR) is 92.5 cm³/mol. The summed E-state index contributed by atoms with van der Waals surface area (Å²) in [7, 11) is 0. The zero-order valence-electron chi connectivity index (χ0n) is 13.0. The minimum atomic E-state index is -0.595. The maximum Gasteiger partial charge on any atom is 0.167 e. The minimum absolute atomic E-state index is 0.198. The lowest BCUT2D eigenvalue weighted by Gasteiger charge is -2.27. The number of rotatable bonds is 4. The molecule has 0 radical (unpaired) electrons. The van der Waals surface area contributed by atoms with Gasteiger partial charge in [0.05, 0.1) is 6.54 Å². The van der Waals surface area contributed by atoms with Crippen LogP contribution < -0.4 is 10.5 Å². The van der Waals surface area contributed by atoms with E-state index in [0.29, 0.717) is 17.3 Å². The number of ether oxygens (including phenoxy) is 1. The Morgan fingerprint density at radius 3 is 2.70 bits per heavy atom. The van der Waals surface area contributed by atoms with E-state index in [1.807, 2.05) is 44.3 Å². The molecule has 1 aromatic heterocycles. The monoisotopic (exact) mass is 332 g/mol. The molecule has 3 rings (SSSR count). The average molecular weight is 333 g/mol. The molecule has 2 N–H and O–H groups in total. The summed E-state index contributed by atoms with van der Waals surface area (Å²) in [4.78, 5) is 0. The first-order valence-corrected chi connectivity index (χ1v) is 7.70. The van der Waals surface area contributed by atoms with Crippen LogP contribution in [0.2, 0.25) is 5.02 Å². The number of nitrogens with two attached hydrogens (primary N) is 1. The maximum atomic E-state index is 13.9. The fourth-order valence-corrected chi connectivity index (χ4v) is 2.83. The van der Waals surface area contributed by atoms with Gasteiger partial charge in [0.25, 0.3) is 0 Å². The zero-order valence-corrected chi connectivity index (χ0v) is 13.8. The van der Waals surface area contributed by atoms with Crippen LogP contribution in [0.15, 0.2) is 48.7 Å². The van der Waals surface area contributed by atoms with Crippen LogP contribution in [-0.4, -0.2) is 10.2 Å². The quantitative estimate of drug-likeness (QED) is 0.692. The Labute approximate surface area is 139 Å². The topological polar surface area (TPSA) is 40.2 Å². The summed E-state index contributed by atoms with van der Waals surface area (Å²) in [5, 5.41) is 1.77. The Kier molecular flexibility index (Phi) is 3.94. The molecule has 2 aromatic carbocycles. The SMILES string of the molecule is CC(C)(Cn1ccc2cc(Cl)ccc21)Oc1ccc(N)cc1F. The number of nitrogens with zero attached hydrogens (tertiary/aromatic N) is 1. The number of hydrogen-bond acceptors (Lipinski definition) is 2. The van der Waals surface area contributed by atoms with Gasteiger partial charge in [-0.25, -0.2) is 4.39 Å². The molecule has 0 unspecified atom stereocenters. The van der Waals surface area contributed by atoms with Crippen molar-refractivity contribution in [3.8, 4) is 5.75 Å². The molecule has 0 atom stereocenters. The van der Waals surface area contributed by atoms with E-state index in [-0.39, 0.29) is 5.75 Å². The Bertz CT molecular complexity index is 857. The summed E-state index contributed by atoms with van der Waals surface area (Å²) in [5.74, 6) is -0.258. The van der Waals surface area contributed by atoms with Gasteiger partial charge < -0.3 is 15.0 Å². The number of hydrogen-bond donors (Lipinski definition) is 1. The van der Waals surface area contributed by atoms with E-state index in [9.17, 15) is 4.39 Å². The molecule has 0 aliphatic rings. The van der Waals surface area contributed by atoms with Crippen LogP contribution in [0.25, 0.3) is 10.9 Å². The Morgan fingerprint density at radius 2 is 1.96 bits per heavy atom. The fraction of sp³-hybridized carbons (Fsp3) is 0.222. The first kappa shape index (κ1) is 15.7. The number of aromatic nitrogens is 1. The third-order valence-electron chi connectivity index (χ3n) is 3.63. The molecule has 23 heavy (non-hydrogen) atoms. The van der Waals surface area contributed by atoms with Gasteiger partial charge in [-0.3, -0.25) is 0 Å².